The number of rotatable bonds is 5. The Morgan fingerprint density at radius 2 is 1.68 bits per heavy atom. The molecule has 0 aromatic heterocycles. The predicted octanol–water partition coefficient (Wildman–Crippen LogP) is 4.12. The Hall–Kier alpha value is -2.09. The fourth-order valence-corrected chi connectivity index (χ4v) is 2.15. The second-order valence-electron chi connectivity index (χ2n) is 4.85. The van der Waals surface area contributed by atoms with E-state index < -0.39 is 5.97 Å². The Balaban J connectivity index is 1.96. The lowest BCUT2D eigenvalue weighted by Crippen LogP contribution is -1.99. The van der Waals surface area contributed by atoms with Gasteiger partial charge in [-0.1, -0.05) is 49.4 Å². The zero-order valence-corrected chi connectivity index (χ0v) is 11.0. The van der Waals surface area contributed by atoms with Gasteiger partial charge in [0.15, 0.2) is 0 Å². The molecule has 2 heteroatoms. The van der Waals surface area contributed by atoms with Crippen LogP contribution in [0.3, 0.4) is 0 Å². The van der Waals surface area contributed by atoms with Crippen LogP contribution in [-0.2, 0) is 6.42 Å². The molecule has 0 saturated heterocycles. The van der Waals surface area contributed by atoms with Crippen LogP contribution in [0, 0.1) is 0 Å². The molecule has 19 heavy (non-hydrogen) atoms. The van der Waals surface area contributed by atoms with Gasteiger partial charge in [-0.05, 0) is 42.0 Å². The van der Waals surface area contributed by atoms with Crippen molar-refractivity contribution in [2.75, 3.05) is 0 Å². The maximum Gasteiger partial charge on any atom is 0.335 e. The monoisotopic (exact) mass is 254 g/mol. The molecular formula is C17H18O2. The minimum Gasteiger partial charge on any atom is -0.478 e. The van der Waals surface area contributed by atoms with Crippen molar-refractivity contribution in [2.24, 2.45) is 0 Å². The van der Waals surface area contributed by atoms with E-state index in [9.17, 15) is 4.79 Å². The summed E-state index contributed by atoms with van der Waals surface area (Å²) in [7, 11) is 0. The SMILES string of the molecule is CC(CCc1ccccc1)c1ccc(C(=O)O)cc1. The number of hydrogen-bond donors (Lipinski definition) is 1. The zero-order valence-electron chi connectivity index (χ0n) is 11.0. The van der Waals surface area contributed by atoms with Crippen LogP contribution in [0.15, 0.2) is 54.6 Å². The van der Waals surface area contributed by atoms with E-state index in [0.717, 1.165) is 12.8 Å². The molecule has 0 spiro atoms. The molecule has 0 saturated carbocycles. The third-order valence-electron chi connectivity index (χ3n) is 3.44. The quantitative estimate of drug-likeness (QED) is 0.871. The minimum atomic E-state index is -0.872. The number of hydrogen-bond acceptors (Lipinski definition) is 1. The second kappa shape index (κ2) is 6.19. The highest BCUT2D eigenvalue weighted by Gasteiger charge is 2.07. The Labute approximate surface area is 113 Å². The maximum absolute atomic E-state index is 10.8. The number of aryl methyl sites for hydroxylation is 1. The second-order valence-corrected chi connectivity index (χ2v) is 4.85. The van der Waals surface area contributed by atoms with Crippen LogP contribution in [0.25, 0.3) is 0 Å². The van der Waals surface area contributed by atoms with Gasteiger partial charge >= 0.3 is 5.97 Å². The van der Waals surface area contributed by atoms with Crippen molar-refractivity contribution in [1.82, 2.24) is 0 Å². The van der Waals surface area contributed by atoms with Crippen LogP contribution in [-0.4, -0.2) is 11.1 Å². The highest BCUT2D eigenvalue weighted by atomic mass is 16.4. The van der Waals surface area contributed by atoms with Gasteiger partial charge in [0.1, 0.15) is 0 Å². The van der Waals surface area contributed by atoms with Crippen LogP contribution in [0.4, 0.5) is 0 Å². The average Bonchev–Trinajstić information content (AvgIpc) is 2.46. The average molecular weight is 254 g/mol. The number of carboxylic acids is 1. The largest absolute Gasteiger partial charge is 0.478 e. The number of benzene rings is 2. The van der Waals surface area contributed by atoms with Crippen molar-refractivity contribution in [2.45, 2.75) is 25.7 Å². The molecule has 0 amide bonds. The summed E-state index contributed by atoms with van der Waals surface area (Å²) in [4.78, 5) is 10.8. The summed E-state index contributed by atoms with van der Waals surface area (Å²) >= 11 is 0. The third kappa shape index (κ3) is 3.68. The molecule has 98 valence electrons. The molecule has 1 unspecified atom stereocenters. The molecule has 0 aliphatic heterocycles. The van der Waals surface area contributed by atoms with Crippen molar-refractivity contribution in [1.29, 1.82) is 0 Å². The van der Waals surface area contributed by atoms with E-state index in [1.54, 1.807) is 12.1 Å². The summed E-state index contributed by atoms with van der Waals surface area (Å²) in [6.45, 7) is 2.18. The van der Waals surface area contributed by atoms with Crippen LogP contribution in [0.1, 0.15) is 40.7 Å². The summed E-state index contributed by atoms with van der Waals surface area (Å²) in [6.07, 6.45) is 2.11. The van der Waals surface area contributed by atoms with Gasteiger partial charge in [0.05, 0.1) is 5.56 Å². The molecule has 0 aliphatic rings. The molecule has 0 radical (unpaired) electrons. The first-order valence-corrected chi connectivity index (χ1v) is 6.54. The highest BCUT2D eigenvalue weighted by Crippen LogP contribution is 2.21. The molecule has 0 aliphatic carbocycles. The molecule has 2 aromatic rings. The maximum atomic E-state index is 10.8. The highest BCUT2D eigenvalue weighted by molar-refractivity contribution is 5.87. The van der Waals surface area contributed by atoms with Gasteiger partial charge < -0.3 is 5.11 Å². The zero-order chi connectivity index (χ0) is 13.7. The van der Waals surface area contributed by atoms with E-state index in [0.29, 0.717) is 11.5 Å². The van der Waals surface area contributed by atoms with Crippen molar-refractivity contribution in [3.05, 3.63) is 71.3 Å². The lowest BCUT2D eigenvalue weighted by Gasteiger charge is -2.12. The summed E-state index contributed by atoms with van der Waals surface area (Å²) in [5, 5.41) is 8.87. The topological polar surface area (TPSA) is 37.3 Å². The van der Waals surface area contributed by atoms with Gasteiger partial charge in [0.2, 0.25) is 0 Å². The van der Waals surface area contributed by atoms with E-state index in [1.165, 1.54) is 11.1 Å². The van der Waals surface area contributed by atoms with E-state index >= 15 is 0 Å². The summed E-state index contributed by atoms with van der Waals surface area (Å²) in [5.74, 6) is -0.438. The summed E-state index contributed by atoms with van der Waals surface area (Å²) < 4.78 is 0. The van der Waals surface area contributed by atoms with Crippen molar-refractivity contribution >= 4 is 5.97 Å². The van der Waals surface area contributed by atoms with Crippen LogP contribution < -0.4 is 0 Å². The lowest BCUT2D eigenvalue weighted by molar-refractivity contribution is 0.0697. The third-order valence-corrected chi connectivity index (χ3v) is 3.44. The van der Waals surface area contributed by atoms with Gasteiger partial charge in [-0.25, -0.2) is 4.79 Å². The van der Waals surface area contributed by atoms with Gasteiger partial charge in [0, 0.05) is 0 Å². The van der Waals surface area contributed by atoms with E-state index in [4.69, 9.17) is 5.11 Å². The van der Waals surface area contributed by atoms with E-state index in [-0.39, 0.29) is 0 Å². The first-order chi connectivity index (χ1) is 9.16. The Kier molecular flexibility index (Phi) is 4.35. The molecule has 1 N–H and O–H groups in total. The standard InChI is InChI=1S/C17H18O2/c1-13(7-8-14-5-3-2-4-6-14)15-9-11-16(12-10-15)17(18)19/h2-6,9-13H,7-8H2,1H3,(H,18,19). The number of carbonyl (C=O) groups is 1. The van der Waals surface area contributed by atoms with Gasteiger partial charge in [-0.3, -0.25) is 0 Å². The van der Waals surface area contributed by atoms with Crippen LogP contribution in [0.2, 0.25) is 0 Å². The molecule has 2 nitrogen and oxygen atoms in total. The fourth-order valence-electron chi connectivity index (χ4n) is 2.15. The minimum absolute atomic E-state index is 0.346. The number of carboxylic acid groups (broad SMARTS) is 1. The first kappa shape index (κ1) is 13.3. The number of aromatic carboxylic acids is 1. The van der Waals surface area contributed by atoms with Gasteiger partial charge in [0.25, 0.3) is 0 Å². The molecule has 1 atom stereocenters. The molecule has 0 heterocycles. The smallest absolute Gasteiger partial charge is 0.335 e. The Morgan fingerprint density at radius 3 is 2.26 bits per heavy atom. The molecule has 2 rings (SSSR count). The van der Waals surface area contributed by atoms with E-state index in [2.05, 4.69) is 31.2 Å². The Bertz CT molecular complexity index is 529. The molecular weight excluding hydrogens is 236 g/mol. The molecule has 0 fully saturated rings. The van der Waals surface area contributed by atoms with Crippen molar-refractivity contribution < 1.29 is 9.90 Å². The van der Waals surface area contributed by atoms with Crippen LogP contribution in [0.5, 0.6) is 0 Å². The van der Waals surface area contributed by atoms with Gasteiger partial charge in [-0.15, -0.1) is 0 Å². The Morgan fingerprint density at radius 1 is 1.05 bits per heavy atom. The summed E-state index contributed by atoms with van der Waals surface area (Å²) in [5.41, 5.74) is 2.89. The lowest BCUT2D eigenvalue weighted by atomic mass is 9.93. The van der Waals surface area contributed by atoms with Gasteiger partial charge in [-0.2, -0.15) is 0 Å². The fraction of sp³-hybridized carbons (Fsp3) is 0.235. The summed E-state index contributed by atoms with van der Waals surface area (Å²) in [6, 6.07) is 17.6. The molecule has 0 bridgehead atoms. The van der Waals surface area contributed by atoms with E-state index in [1.807, 2.05) is 18.2 Å². The molecule has 2 aromatic carbocycles. The predicted molar refractivity (Wildman–Crippen MR) is 76.6 cm³/mol. The van der Waals surface area contributed by atoms with Crippen LogP contribution >= 0.6 is 0 Å². The van der Waals surface area contributed by atoms with Crippen molar-refractivity contribution in [3.63, 3.8) is 0 Å². The normalized spacial score (nSPS) is 12.1. The van der Waals surface area contributed by atoms with Crippen molar-refractivity contribution in [3.8, 4) is 0 Å². The first-order valence-electron chi connectivity index (χ1n) is 6.54.